The topological polar surface area (TPSA) is 72.7 Å². The van der Waals surface area contributed by atoms with Crippen molar-refractivity contribution < 1.29 is 14.3 Å². The average molecular weight is 335 g/mol. The number of ether oxygens (including phenoxy) is 1. The highest BCUT2D eigenvalue weighted by Gasteiger charge is 2.32. The molecule has 2 aromatic heterocycles. The van der Waals surface area contributed by atoms with Gasteiger partial charge in [0, 0.05) is 24.1 Å². The Morgan fingerprint density at radius 2 is 2.13 bits per heavy atom. The average Bonchev–Trinajstić information content (AvgIpc) is 3.04. The zero-order chi connectivity index (χ0) is 16.4. The first-order chi connectivity index (χ1) is 11.1. The number of imidazole rings is 1. The fraction of sp³-hybridized carbons (Fsp3) is 0.562. The molecule has 1 aliphatic carbocycles. The van der Waals surface area contributed by atoms with Gasteiger partial charge in [0.15, 0.2) is 4.96 Å². The van der Waals surface area contributed by atoms with Crippen LogP contribution in [0.1, 0.15) is 47.5 Å². The predicted molar refractivity (Wildman–Crippen MR) is 87.7 cm³/mol. The van der Waals surface area contributed by atoms with Crippen molar-refractivity contribution in [2.45, 2.75) is 45.1 Å². The van der Waals surface area contributed by atoms with Crippen LogP contribution < -0.4 is 5.32 Å². The molecule has 23 heavy (non-hydrogen) atoms. The molecule has 2 aromatic rings. The molecule has 3 rings (SSSR count). The molecule has 0 bridgehead atoms. The van der Waals surface area contributed by atoms with Gasteiger partial charge in [-0.05, 0) is 19.8 Å². The summed E-state index contributed by atoms with van der Waals surface area (Å²) in [5.74, 6) is -0.607. The van der Waals surface area contributed by atoms with Gasteiger partial charge in [0.05, 0.1) is 13.0 Å². The number of carbonyl (C=O) groups excluding carboxylic acids is 2. The van der Waals surface area contributed by atoms with Crippen molar-refractivity contribution in [1.29, 1.82) is 0 Å². The summed E-state index contributed by atoms with van der Waals surface area (Å²) >= 11 is 1.37. The number of esters is 1. The molecule has 0 aromatic carbocycles. The van der Waals surface area contributed by atoms with E-state index in [4.69, 9.17) is 4.74 Å². The highest BCUT2D eigenvalue weighted by molar-refractivity contribution is 7.19. The van der Waals surface area contributed by atoms with E-state index in [2.05, 4.69) is 10.3 Å². The fourth-order valence-corrected chi connectivity index (χ4v) is 4.24. The molecule has 0 radical (unpaired) electrons. The number of aromatic nitrogens is 2. The van der Waals surface area contributed by atoms with Gasteiger partial charge in [-0.1, -0.05) is 30.6 Å². The number of thiazole rings is 1. The van der Waals surface area contributed by atoms with Crippen molar-refractivity contribution in [2.75, 3.05) is 7.11 Å². The summed E-state index contributed by atoms with van der Waals surface area (Å²) in [6.07, 6.45) is 8.26. The summed E-state index contributed by atoms with van der Waals surface area (Å²) in [5, 5.41) is 3.06. The fourth-order valence-electron chi connectivity index (χ4n) is 3.25. The van der Waals surface area contributed by atoms with Gasteiger partial charge in [-0.2, -0.15) is 0 Å². The van der Waals surface area contributed by atoms with Crippen molar-refractivity contribution in [3.8, 4) is 0 Å². The molecule has 1 N–H and O–H groups in total. The number of methoxy groups -OCH3 is 1. The van der Waals surface area contributed by atoms with Crippen LogP contribution in [0.4, 0.5) is 0 Å². The van der Waals surface area contributed by atoms with Crippen molar-refractivity contribution >= 4 is 28.2 Å². The maximum absolute atomic E-state index is 12.7. The first-order valence-electron chi connectivity index (χ1n) is 7.93. The molecular formula is C16H21N3O3S. The lowest BCUT2D eigenvalue weighted by Gasteiger charge is -2.24. The van der Waals surface area contributed by atoms with Crippen LogP contribution in [-0.4, -0.2) is 34.4 Å². The minimum Gasteiger partial charge on any atom is -0.469 e. The van der Waals surface area contributed by atoms with Crippen molar-refractivity contribution in [2.24, 2.45) is 5.92 Å². The standard InChI is InChI=1S/C16H21N3O3S/c1-10-13(23-16-17-8-9-19(10)16)14(20)18-12-7-5-3-4-6-11(12)15(21)22-2/h8-9,11-12H,3-7H2,1-2H3,(H,18,20)/t11-,12-/m0/s1. The van der Waals surface area contributed by atoms with Crippen LogP contribution in [0.3, 0.4) is 0 Å². The van der Waals surface area contributed by atoms with Crippen molar-refractivity contribution in [1.82, 2.24) is 14.7 Å². The molecule has 2 atom stereocenters. The van der Waals surface area contributed by atoms with Crippen LogP contribution in [0.2, 0.25) is 0 Å². The molecule has 0 saturated heterocycles. The number of hydrogen-bond donors (Lipinski definition) is 1. The number of aryl methyl sites for hydroxylation is 1. The van der Waals surface area contributed by atoms with E-state index in [1.165, 1.54) is 18.4 Å². The van der Waals surface area contributed by atoms with E-state index in [0.717, 1.165) is 42.8 Å². The van der Waals surface area contributed by atoms with Gasteiger partial charge in [0.25, 0.3) is 5.91 Å². The van der Waals surface area contributed by atoms with Crippen LogP contribution in [0.15, 0.2) is 12.4 Å². The summed E-state index contributed by atoms with van der Waals surface area (Å²) in [4.78, 5) is 30.4. The van der Waals surface area contributed by atoms with Gasteiger partial charge >= 0.3 is 5.97 Å². The maximum Gasteiger partial charge on any atom is 0.310 e. The number of hydrogen-bond acceptors (Lipinski definition) is 5. The van der Waals surface area contributed by atoms with E-state index in [9.17, 15) is 9.59 Å². The molecule has 0 spiro atoms. The highest BCUT2D eigenvalue weighted by atomic mass is 32.1. The van der Waals surface area contributed by atoms with Crippen LogP contribution >= 0.6 is 11.3 Å². The van der Waals surface area contributed by atoms with Crippen LogP contribution in [0.5, 0.6) is 0 Å². The van der Waals surface area contributed by atoms with E-state index < -0.39 is 0 Å². The second kappa shape index (κ2) is 6.70. The number of nitrogens with zero attached hydrogens (tertiary/aromatic N) is 2. The maximum atomic E-state index is 12.7. The third-order valence-corrected chi connectivity index (χ3v) is 5.70. The Morgan fingerprint density at radius 1 is 1.35 bits per heavy atom. The molecule has 0 unspecified atom stereocenters. The Labute approximate surface area is 138 Å². The molecule has 1 saturated carbocycles. The van der Waals surface area contributed by atoms with Crippen LogP contribution in [0, 0.1) is 12.8 Å². The Morgan fingerprint density at radius 3 is 2.87 bits per heavy atom. The molecule has 1 amide bonds. The number of carbonyl (C=O) groups is 2. The quantitative estimate of drug-likeness (QED) is 0.691. The summed E-state index contributed by atoms with van der Waals surface area (Å²) in [5.41, 5.74) is 0.878. The number of amides is 1. The van der Waals surface area contributed by atoms with Gasteiger partial charge in [-0.25, -0.2) is 4.98 Å². The van der Waals surface area contributed by atoms with Crippen molar-refractivity contribution in [3.63, 3.8) is 0 Å². The van der Waals surface area contributed by atoms with E-state index in [1.54, 1.807) is 6.20 Å². The largest absolute Gasteiger partial charge is 0.469 e. The molecule has 7 heteroatoms. The van der Waals surface area contributed by atoms with E-state index >= 15 is 0 Å². The van der Waals surface area contributed by atoms with Gasteiger partial charge in [0.1, 0.15) is 4.88 Å². The van der Waals surface area contributed by atoms with Crippen molar-refractivity contribution in [3.05, 3.63) is 23.0 Å². The Balaban J connectivity index is 1.80. The van der Waals surface area contributed by atoms with E-state index in [-0.39, 0.29) is 23.8 Å². The molecule has 1 fully saturated rings. The molecule has 124 valence electrons. The third-order valence-electron chi connectivity index (χ3n) is 4.53. The van der Waals surface area contributed by atoms with Gasteiger partial charge in [0.2, 0.25) is 0 Å². The highest BCUT2D eigenvalue weighted by Crippen LogP contribution is 2.26. The number of rotatable bonds is 3. The number of fused-ring (bicyclic) bond motifs is 1. The third kappa shape index (κ3) is 3.10. The second-order valence-electron chi connectivity index (χ2n) is 5.94. The lowest BCUT2D eigenvalue weighted by atomic mass is 9.94. The van der Waals surface area contributed by atoms with E-state index in [1.807, 2.05) is 17.5 Å². The molecule has 6 nitrogen and oxygen atoms in total. The Hall–Kier alpha value is -1.89. The van der Waals surface area contributed by atoms with Gasteiger partial charge < -0.3 is 10.1 Å². The van der Waals surface area contributed by atoms with Crippen LogP contribution in [-0.2, 0) is 9.53 Å². The van der Waals surface area contributed by atoms with E-state index in [0.29, 0.717) is 4.88 Å². The predicted octanol–water partition coefficient (Wildman–Crippen LogP) is 2.56. The molecule has 0 aliphatic heterocycles. The smallest absolute Gasteiger partial charge is 0.310 e. The lowest BCUT2D eigenvalue weighted by molar-refractivity contribution is -0.146. The minimum absolute atomic E-state index is 0.126. The first-order valence-corrected chi connectivity index (χ1v) is 8.74. The monoisotopic (exact) mass is 335 g/mol. The minimum atomic E-state index is -0.254. The summed E-state index contributed by atoms with van der Waals surface area (Å²) < 4.78 is 6.83. The first kappa shape index (κ1) is 16.0. The summed E-state index contributed by atoms with van der Waals surface area (Å²) in [7, 11) is 1.41. The zero-order valence-corrected chi connectivity index (χ0v) is 14.2. The lowest BCUT2D eigenvalue weighted by Crippen LogP contribution is -2.43. The van der Waals surface area contributed by atoms with Gasteiger partial charge in [-0.15, -0.1) is 0 Å². The Kier molecular flexibility index (Phi) is 4.66. The normalized spacial score (nSPS) is 21.8. The molecule has 1 aliphatic rings. The number of nitrogens with one attached hydrogen (secondary N) is 1. The Bertz CT molecular complexity index is 721. The zero-order valence-electron chi connectivity index (χ0n) is 13.4. The second-order valence-corrected chi connectivity index (χ2v) is 6.92. The van der Waals surface area contributed by atoms with Crippen LogP contribution in [0.25, 0.3) is 4.96 Å². The SMILES string of the molecule is COC(=O)[C@H]1CCCCC[C@@H]1NC(=O)c1sc2nccn2c1C. The summed E-state index contributed by atoms with van der Waals surface area (Å²) in [6, 6.07) is -0.161. The molecule has 2 heterocycles. The van der Waals surface area contributed by atoms with Gasteiger partial charge in [-0.3, -0.25) is 14.0 Å². The summed E-state index contributed by atoms with van der Waals surface area (Å²) in [6.45, 7) is 1.91. The molecular weight excluding hydrogens is 314 g/mol.